The zero-order valence-corrected chi connectivity index (χ0v) is 15.3. The van der Waals surface area contributed by atoms with E-state index in [1.807, 2.05) is 42.3 Å². The highest BCUT2D eigenvalue weighted by Gasteiger charge is 2.31. The minimum absolute atomic E-state index is 0.257. The summed E-state index contributed by atoms with van der Waals surface area (Å²) in [6.07, 6.45) is -3.88. The highest BCUT2D eigenvalue weighted by Crippen LogP contribution is 2.29. The molecule has 0 saturated carbocycles. The van der Waals surface area contributed by atoms with Gasteiger partial charge < -0.3 is 15.0 Å². The predicted molar refractivity (Wildman–Crippen MR) is 99.1 cm³/mol. The summed E-state index contributed by atoms with van der Waals surface area (Å²) in [4.78, 5) is 25.6. The molecule has 1 amide bonds. The Morgan fingerprint density at radius 3 is 2.46 bits per heavy atom. The maximum absolute atomic E-state index is 12.7. The summed E-state index contributed by atoms with van der Waals surface area (Å²) in [5, 5.41) is 2.61. The Morgan fingerprint density at radius 1 is 1.07 bits per heavy atom. The van der Waals surface area contributed by atoms with E-state index in [2.05, 4.69) is 5.32 Å². The molecule has 0 unspecified atom stereocenters. The minimum Gasteiger partial charge on any atom is -0.452 e. The van der Waals surface area contributed by atoms with Crippen molar-refractivity contribution in [2.45, 2.75) is 12.6 Å². The Balaban J connectivity index is 1.70. The Hall–Kier alpha value is -3.03. The molecule has 1 N–H and O–H groups in total. The van der Waals surface area contributed by atoms with Gasteiger partial charge in [0.2, 0.25) is 0 Å². The third kappa shape index (κ3) is 6.61. The number of carbonyl (C=O) groups excluding carboxylic acids is 2. The van der Waals surface area contributed by atoms with Crippen LogP contribution in [0.2, 0.25) is 0 Å². The lowest BCUT2D eigenvalue weighted by Gasteiger charge is -2.19. The number of halogens is 3. The van der Waals surface area contributed by atoms with E-state index in [-0.39, 0.29) is 5.56 Å². The van der Waals surface area contributed by atoms with E-state index < -0.39 is 30.2 Å². The fourth-order valence-corrected chi connectivity index (χ4v) is 2.44. The highest BCUT2D eigenvalue weighted by molar-refractivity contribution is 5.91. The second-order valence-electron chi connectivity index (χ2n) is 6.12. The van der Waals surface area contributed by atoms with Crippen LogP contribution in [0.1, 0.15) is 22.3 Å². The molecule has 0 aliphatic rings. The number of rotatable bonds is 8. The molecule has 2 rings (SSSR count). The van der Waals surface area contributed by atoms with Crippen molar-refractivity contribution in [3.05, 3.63) is 65.7 Å². The molecule has 150 valence electrons. The Labute approximate surface area is 161 Å². The fraction of sp³-hybridized carbons (Fsp3) is 0.300. The summed E-state index contributed by atoms with van der Waals surface area (Å²) in [5.74, 6) is -1.49. The molecule has 0 saturated heterocycles. The first-order valence-corrected chi connectivity index (χ1v) is 8.64. The number of para-hydroxylation sites is 1. The summed E-state index contributed by atoms with van der Waals surface area (Å²) >= 11 is 0. The van der Waals surface area contributed by atoms with Gasteiger partial charge in [-0.3, -0.25) is 4.79 Å². The van der Waals surface area contributed by atoms with Crippen LogP contribution in [0.15, 0.2) is 54.6 Å². The molecule has 0 spiro atoms. The molecule has 28 heavy (non-hydrogen) atoms. The number of ether oxygens (including phenoxy) is 1. The molecule has 0 aromatic heterocycles. The van der Waals surface area contributed by atoms with Crippen LogP contribution in [0.25, 0.3) is 0 Å². The van der Waals surface area contributed by atoms with Crippen LogP contribution >= 0.6 is 0 Å². The van der Waals surface area contributed by atoms with E-state index in [9.17, 15) is 22.8 Å². The van der Waals surface area contributed by atoms with E-state index in [1.54, 1.807) is 0 Å². The standard InChI is InChI=1S/C20H21F3N2O3/c1-25(17-9-3-2-4-10-17)12-6-11-24-18(26)14-28-19(27)15-7-5-8-16(13-15)20(21,22)23/h2-5,7-10,13H,6,11-12,14H2,1H3,(H,24,26). The van der Waals surface area contributed by atoms with Gasteiger partial charge in [0.05, 0.1) is 11.1 Å². The number of anilines is 1. The SMILES string of the molecule is CN(CCCNC(=O)COC(=O)c1cccc(C(F)(F)F)c1)c1ccccc1. The van der Waals surface area contributed by atoms with Gasteiger partial charge in [0.25, 0.3) is 5.91 Å². The molecule has 0 aliphatic carbocycles. The molecule has 0 fully saturated rings. The van der Waals surface area contributed by atoms with Gasteiger partial charge >= 0.3 is 12.1 Å². The third-order valence-electron chi connectivity index (χ3n) is 3.95. The van der Waals surface area contributed by atoms with E-state index in [1.165, 1.54) is 6.07 Å². The Bertz CT molecular complexity index is 795. The summed E-state index contributed by atoms with van der Waals surface area (Å²) < 4.78 is 42.8. The lowest BCUT2D eigenvalue weighted by atomic mass is 10.1. The number of hydrogen-bond acceptors (Lipinski definition) is 4. The van der Waals surface area contributed by atoms with Gasteiger partial charge in [0.15, 0.2) is 6.61 Å². The number of hydrogen-bond donors (Lipinski definition) is 1. The molecule has 0 heterocycles. The summed E-state index contributed by atoms with van der Waals surface area (Å²) in [5.41, 5.74) is -0.148. The van der Waals surface area contributed by atoms with Gasteiger partial charge in [-0.25, -0.2) is 4.79 Å². The van der Waals surface area contributed by atoms with Crippen LogP contribution in [-0.2, 0) is 15.7 Å². The largest absolute Gasteiger partial charge is 0.452 e. The first-order chi connectivity index (χ1) is 13.3. The van der Waals surface area contributed by atoms with E-state index in [0.29, 0.717) is 25.6 Å². The normalized spacial score (nSPS) is 11.0. The molecule has 0 atom stereocenters. The van der Waals surface area contributed by atoms with Gasteiger partial charge in [-0.2, -0.15) is 13.2 Å². The van der Waals surface area contributed by atoms with Crippen LogP contribution < -0.4 is 10.2 Å². The van der Waals surface area contributed by atoms with Crippen molar-refractivity contribution in [2.24, 2.45) is 0 Å². The quantitative estimate of drug-likeness (QED) is 0.550. The molecule has 5 nitrogen and oxygen atoms in total. The van der Waals surface area contributed by atoms with Gasteiger partial charge in [0, 0.05) is 25.8 Å². The highest BCUT2D eigenvalue weighted by atomic mass is 19.4. The molecular formula is C20H21F3N2O3. The molecule has 2 aromatic carbocycles. The lowest BCUT2D eigenvalue weighted by molar-refractivity contribution is -0.137. The van der Waals surface area contributed by atoms with Crippen LogP contribution in [0, 0.1) is 0 Å². The van der Waals surface area contributed by atoms with Gasteiger partial charge in [0.1, 0.15) is 0 Å². The second-order valence-corrected chi connectivity index (χ2v) is 6.12. The molecule has 0 aliphatic heterocycles. The predicted octanol–water partition coefficient (Wildman–Crippen LogP) is 3.50. The lowest BCUT2D eigenvalue weighted by Crippen LogP contribution is -2.31. The molecule has 8 heteroatoms. The van der Waals surface area contributed by atoms with Crippen molar-refractivity contribution in [3.8, 4) is 0 Å². The number of carbonyl (C=O) groups is 2. The van der Waals surface area contributed by atoms with Crippen LogP contribution in [0.3, 0.4) is 0 Å². The first-order valence-electron chi connectivity index (χ1n) is 8.64. The number of nitrogens with zero attached hydrogens (tertiary/aromatic N) is 1. The van der Waals surface area contributed by atoms with Crippen LogP contribution in [0.5, 0.6) is 0 Å². The van der Waals surface area contributed by atoms with Gasteiger partial charge in [-0.1, -0.05) is 24.3 Å². The van der Waals surface area contributed by atoms with Crippen LogP contribution in [0.4, 0.5) is 18.9 Å². The van der Waals surface area contributed by atoms with Gasteiger partial charge in [-0.05, 0) is 36.8 Å². The van der Waals surface area contributed by atoms with Crippen molar-refractivity contribution in [1.29, 1.82) is 0 Å². The van der Waals surface area contributed by atoms with Crippen LogP contribution in [-0.4, -0.2) is 38.6 Å². The monoisotopic (exact) mass is 394 g/mol. The molecule has 0 radical (unpaired) electrons. The van der Waals surface area contributed by atoms with Crippen molar-refractivity contribution in [1.82, 2.24) is 5.32 Å². The average molecular weight is 394 g/mol. The molecule has 2 aromatic rings. The Kier molecular flexibility index (Phi) is 7.43. The first kappa shape index (κ1) is 21.3. The topological polar surface area (TPSA) is 58.6 Å². The van der Waals surface area contributed by atoms with Crippen molar-refractivity contribution >= 4 is 17.6 Å². The fourth-order valence-electron chi connectivity index (χ4n) is 2.44. The van der Waals surface area contributed by atoms with Crippen molar-refractivity contribution in [3.63, 3.8) is 0 Å². The number of nitrogens with one attached hydrogen (secondary N) is 1. The smallest absolute Gasteiger partial charge is 0.416 e. The van der Waals surface area contributed by atoms with Gasteiger partial charge in [-0.15, -0.1) is 0 Å². The second kappa shape index (κ2) is 9.77. The molecular weight excluding hydrogens is 373 g/mol. The van der Waals surface area contributed by atoms with E-state index in [4.69, 9.17) is 4.74 Å². The minimum atomic E-state index is -4.55. The zero-order valence-electron chi connectivity index (χ0n) is 15.3. The maximum Gasteiger partial charge on any atom is 0.416 e. The van der Waals surface area contributed by atoms with Crippen molar-refractivity contribution < 1.29 is 27.5 Å². The van der Waals surface area contributed by atoms with E-state index >= 15 is 0 Å². The maximum atomic E-state index is 12.7. The average Bonchev–Trinajstić information content (AvgIpc) is 2.69. The Morgan fingerprint density at radius 2 is 1.79 bits per heavy atom. The summed E-state index contributed by atoms with van der Waals surface area (Å²) in [7, 11) is 1.94. The summed E-state index contributed by atoms with van der Waals surface area (Å²) in [6, 6.07) is 13.6. The van der Waals surface area contributed by atoms with E-state index in [0.717, 1.165) is 17.8 Å². The van der Waals surface area contributed by atoms with Crippen molar-refractivity contribution in [2.75, 3.05) is 31.6 Å². The number of amides is 1. The zero-order chi connectivity index (χ0) is 20.6. The number of alkyl halides is 3. The number of esters is 1. The number of benzene rings is 2. The molecule has 0 bridgehead atoms. The third-order valence-corrected chi connectivity index (χ3v) is 3.95. The summed E-state index contributed by atoms with van der Waals surface area (Å²) in [6.45, 7) is 0.551.